The second-order valence-corrected chi connectivity index (χ2v) is 6.31. The molecule has 0 fully saturated rings. The molecule has 1 amide bonds. The van der Waals surface area contributed by atoms with E-state index in [4.69, 9.17) is 9.47 Å². The first-order valence-electron chi connectivity index (χ1n) is 8.60. The van der Waals surface area contributed by atoms with Gasteiger partial charge in [-0.1, -0.05) is 0 Å². The number of hydrazone groups is 1. The number of aromatic nitrogens is 1. The summed E-state index contributed by atoms with van der Waals surface area (Å²) in [6.07, 6.45) is 1.57. The Labute approximate surface area is 157 Å². The molecule has 27 heavy (non-hydrogen) atoms. The predicted molar refractivity (Wildman–Crippen MR) is 103 cm³/mol. The number of aryl methyl sites for hydroxylation is 2. The van der Waals surface area contributed by atoms with Crippen molar-refractivity contribution in [1.29, 1.82) is 0 Å². The molecule has 0 saturated heterocycles. The Morgan fingerprint density at radius 2 is 1.70 bits per heavy atom. The fourth-order valence-electron chi connectivity index (χ4n) is 3.06. The second-order valence-electron chi connectivity index (χ2n) is 6.31. The maximum Gasteiger partial charge on any atom is 0.271 e. The van der Waals surface area contributed by atoms with Gasteiger partial charge in [-0.3, -0.25) is 4.79 Å². The number of benzene rings is 2. The number of amides is 1. The Morgan fingerprint density at radius 3 is 2.44 bits per heavy atom. The number of ether oxygens (including phenoxy) is 2. The van der Waals surface area contributed by atoms with Crippen LogP contribution in [-0.4, -0.2) is 23.5 Å². The topological polar surface area (TPSA) is 64.9 Å². The molecule has 1 aromatic heterocycles. The van der Waals surface area contributed by atoms with Crippen LogP contribution >= 0.6 is 0 Å². The van der Waals surface area contributed by atoms with E-state index in [1.807, 2.05) is 30.3 Å². The first kappa shape index (κ1) is 16.9. The minimum absolute atomic E-state index is 0.227. The van der Waals surface area contributed by atoms with Crippen molar-refractivity contribution < 1.29 is 14.3 Å². The molecular formula is C21H19N3O3. The van der Waals surface area contributed by atoms with Crippen LogP contribution in [-0.2, 0) is 0 Å². The molecule has 0 saturated carbocycles. The average molecular weight is 361 g/mol. The summed E-state index contributed by atoms with van der Waals surface area (Å²) < 4.78 is 12.7. The molecule has 6 heteroatoms. The van der Waals surface area contributed by atoms with Crippen LogP contribution in [0.5, 0.6) is 11.5 Å². The Morgan fingerprint density at radius 1 is 1.00 bits per heavy atom. The van der Waals surface area contributed by atoms with Crippen molar-refractivity contribution in [3.8, 4) is 17.2 Å². The fourth-order valence-corrected chi connectivity index (χ4v) is 3.06. The van der Waals surface area contributed by atoms with Crippen LogP contribution in [0, 0.1) is 13.8 Å². The van der Waals surface area contributed by atoms with Gasteiger partial charge < -0.3 is 14.0 Å². The molecule has 0 atom stereocenters. The molecular weight excluding hydrogens is 342 g/mol. The van der Waals surface area contributed by atoms with Crippen LogP contribution in [0.2, 0.25) is 0 Å². The third kappa shape index (κ3) is 3.42. The van der Waals surface area contributed by atoms with Crippen molar-refractivity contribution in [3.63, 3.8) is 0 Å². The molecule has 1 aliphatic rings. The minimum Gasteiger partial charge on any atom is -0.454 e. The Kier molecular flexibility index (Phi) is 4.38. The third-order valence-corrected chi connectivity index (χ3v) is 4.44. The number of rotatable bonds is 4. The summed E-state index contributed by atoms with van der Waals surface area (Å²) in [7, 11) is 0. The van der Waals surface area contributed by atoms with Crippen LogP contribution in [0.1, 0.15) is 27.3 Å². The maximum atomic E-state index is 12.3. The average Bonchev–Trinajstić information content (AvgIpc) is 3.27. The summed E-state index contributed by atoms with van der Waals surface area (Å²) in [5, 5.41) is 4.02. The monoisotopic (exact) mass is 361 g/mol. The smallest absolute Gasteiger partial charge is 0.271 e. The molecule has 0 spiro atoms. The number of nitrogens with zero attached hydrogens (tertiary/aromatic N) is 2. The number of hydrogen-bond acceptors (Lipinski definition) is 4. The van der Waals surface area contributed by atoms with E-state index in [1.54, 1.807) is 18.3 Å². The van der Waals surface area contributed by atoms with Crippen molar-refractivity contribution in [2.75, 3.05) is 6.79 Å². The van der Waals surface area contributed by atoms with Crippen LogP contribution in [0.15, 0.2) is 59.7 Å². The summed E-state index contributed by atoms with van der Waals surface area (Å²) in [5.41, 5.74) is 7.23. The lowest BCUT2D eigenvalue weighted by Crippen LogP contribution is -2.17. The van der Waals surface area contributed by atoms with Gasteiger partial charge in [0.15, 0.2) is 11.5 Å². The molecule has 136 valence electrons. The largest absolute Gasteiger partial charge is 0.454 e. The van der Waals surface area contributed by atoms with Gasteiger partial charge in [0.05, 0.1) is 6.21 Å². The van der Waals surface area contributed by atoms with Gasteiger partial charge in [0.25, 0.3) is 5.91 Å². The molecule has 3 aromatic rings. The number of carbonyl (C=O) groups excluding carboxylic acids is 1. The molecule has 4 rings (SSSR count). The molecule has 2 heterocycles. The highest BCUT2D eigenvalue weighted by Gasteiger charge is 2.12. The molecule has 0 radical (unpaired) electrons. The number of nitrogens with one attached hydrogen (secondary N) is 1. The number of hydrogen-bond donors (Lipinski definition) is 1. The van der Waals surface area contributed by atoms with Gasteiger partial charge in [-0.2, -0.15) is 5.10 Å². The van der Waals surface area contributed by atoms with E-state index in [0.717, 1.165) is 22.6 Å². The molecule has 0 unspecified atom stereocenters. The SMILES string of the molecule is Cc1ccc(C)n1-c1ccc(C(=O)N/N=C\c2ccc3c(c2)OCO3)cc1. The molecule has 1 aliphatic heterocycles. The van der Waals surface area contributed by atoms with Gasteiger partial charge in [-0.15, -0.1) is 0 Å². The van der Waals surface area contributed by atoms with E-state index >= 15 is 0 Å². The molecule has 6 nitrogen and oxygen atoms in total. The Bertz CT molecular complexity index is 1000. The zero-order valence-corrected chi connectivity index (χ0v) is 15.1. The van der Waals surface area contributed by atoms with Gasteiger partial charge >= 0.3 is 0 Å². The highest BCUT2D eigenvalue weighted by molar-refractivity contribution is 5.95. The van der Waals surface area contributed by atoms with Crippen LogP contribution in [0.3, 0.4) is 0 Å². The first-order valence-corrected chi connectivity index (χ1v) is 8.60. The second kappa shape index (κ2) is 6.99. The summed E-state index contributed by atoms with van der Waals surface area (Å²) in [4.78, 5) is 12.3. The standard InChI is InChI=1S/C21H19N3O3/c1-14-3-4-15(2)24(14)18-8-6-17(7-9-18)21(25)23-22-12-16-5-10-19-20(11-16)27-13-26-19/h3-12H,13H2,1-2H3,(H,23,25)/b22-12-. The van der Waals surface area contributed by atoms with Crippen molar-refractivity contribution in [2.45, 2.75) is 13.8 Å². The summed E-state index contributed by atoms with van der Waals surface area (Å²) in [6.45, 7) is 4.33. The van der Waals surface area contributed by atoms with Crippen molar-refractivity contribution >= 4 is 12.1 Å². The van der Waals surface area contributed by atoms with Gasteiger partial charge in [-0.25, -0.2) is 5.43 Å². The van der Waals surface area contributed by atoms with E-state index in [9.17, 15) is 4.79 Å². The summed E-state index contributed by atoms with van der Waals surface area (Å²) in [5.74, 6) is 1.13. The molecule has 0 aliphatic carbocycles. The van der Waals surface area contributed by atoms with E-state index in [0.29, 0.717) is 17.1 Å². The lowest BCUT2D eigenvalue weighted by atomic mass is 10.2. The van der Waals surface area contributed by atoms with Gasteiger partial charge in [0, 0.05) is 22.6 Å². The summed E-state index contributed by atoms with van der Waals surface area (Å²) in [6, 6.07) is 17.1. The Hall–Kier alpha value is -3.54. The van der Waals surface area contributed by atoms with Crippen LogP contribution in [0.4, 0.5) is 0 Å². The van der Waals surface area contributed by atoms with E-state index in [2.05, 4.69) is 41.1 Å². The lowest BCUT2D eigenvalue weighted by molar-refractivity contribution is 0.0955. The third-order valence-electron chi connectivity index (χ3n) is 4.44. The van der Waals surface area contributed by atoms with Gasteiger partial charge in [-0.05, 0) is 74.0 Å². The van der Waals surface area contributed by atoms with E-state index in [-0.39, 0.29) is 12.7 Å². The van der Waals surface area contributed by atoms with Crippen LogP contribution in [0.25, 0.3) is 5.69 Å². The maximum absolute atomic E-state index is 12.3. The highest BCUT2D eigenvalue weighted by atomic mass is 16.7. The van der Waals surface area contributed by atoms with Gasteiger partial charge in [0.1, 0.15) is 0 Å². The van der Waals surface area contributed by atoms with Crippen molar-refractivity contribution in [1.82, 2.24) is 9.99 Å². The fraction of sp³-hybridized carbons (Fsp3) is 0.143. The molecule has 2 aromatic carbocycles. The number of carbonyl (C=O) groups is 1. The normalized spacial score (nSPS) is 12.5. The quantitative estimate of drug-likeness (QED) is 0.571. The Balaban J connectivity index is 1.42. The zero-order chi connectivity index (χ0) is 18.8. The molecule has 1 N–H and O–H groups in total. The van der Waals surface area contributed by atoms with E-state index in [1.165, 1.54) is 0 Å². The van der Waals surface area contributed by atoms with Crippen molar-refractivity contribution in [2.24, 2.45) is 5.10 Å². The zero-order valence-electron chi connectivity index (χ0n) is 15.1. The minimum atomic E-state index is -0.264. The van der Waals surface area contributed by atoms with Crippen molar-refractivity contribution in [3.05, 3.63) is 77.1 Å². The van der Waals surface area contributed by atoms with E-state index < -0.39 is 0 Å². The summed E-state index contributed by atoms with van der Waals surface area (Å²) >= 11 is 0. The lowest BCUT2D eigenvalue weighted by Gasteiger charge is -2.10. The molecule has 0 bridgehead atoms. The predicted octanol–water partition coefficient (Wildman–Crippen LogP) is 3.59. The highest BCUT2D eigenvalue weighted by Crippen LogP contribution is 2.31. The van der Waals surface area contributed by atoms with Crippen LogP contribution < -0.4 is 14.9 Å². The van der Waals surface area contributed by atoms with Gasteiger partial charge in [0.2, 0.25) is 6.79 Å². The number of fused-ring (bicyclic) bond motifs is 1. The first-order chi connectivity index (χ1) is 13.1.